The molecule has 0 aromatic heterocycles. The number of nitrogens with one attached hydrogen (secondary N) is 2. The van der Waals surface area contributed by atoms with E-state index in [4.69, 9.17) is 23.1 Å². The van der Waals surface area contributed by atoms with Gasteiger partial charge in [0.2, 0.25) is 0 Å². The molecular formula is C25H30ClFIN7O4. The van der Waals surface area contributed by atoms with E-state index in [1.54, 1.807) is 17.0 Å². The second-order valence-electron chi connectivity index (χ2n) is 9.16. The number of benzene rings is 2. The summed E-state index contributed by atoms with van der Waals surface area (Å²) in [5.74, 6) is -3.29. The monoisotopic (exact) mass is 673 g/mol. The molecule has 2 atom stereocenters. The van der Waals surface area contributed by atoms with E-state index < -0.39 is 50.8 Å². The van der Waals surface area contributed by atoms with Gasteiger partial charge in [0.25, 0.3) is 0 Å². The van der Waals surface area contributed by atoms with E-state index >= 15 is 0 Å². The molecule has 0 fully saturated rings. The van der Waals surface area contributed by atoms with Gasteiger partial charge >= 0.3 is 220 Å². The minimum atomic E-state index is -0.997. The molecule has 14 heteroatoms. The SMILES string of the molecule is CC(C)[I-]C(=O)N1c2cc(C[N+](C)=O)ccc2C(CNC(=O)C(=O)Nc2ccc(Cl)c(F)c2)[C@H]1CN=C(N)N. The molecule has 6 N–H and O–H groups in total. The molecule has 39 heavy (non-hydrogen) atoms. The first-order valence-electron chi connectivity index (χ1n) is 11.9. The van der Waals surface area contributed by atoms with Crippen LogP contribution in [0.2, 0.25) is 5.02 Å². The van der Waals surface area contributed by atoms with Crippen LogP contribution in [0.15, 0.2) is 41.4 Å². The summed E-state index contributed by atoms with van der Waals surface area (Å²) in [5, 5.41) is 4.82. The zero-order valence-corrected chi connectivity index (χ0v) is 24.5. The predicted octanol–water partition coefficient (Wildman–Crippen LogP) is -0.694. The molecule has 1 aliphatic heterocycles. The summed E-state index contributed by atoms with van der Waals surface area (Å²) in [5.41, 5.74) is 13.3. The number of fused-ring (bicyclic) bond motifs is 1. The zero-order chi connectivity index (χ0) is 28.9. The molecule has 11 nitrogen and oxygen atoms in total. The van der Waals surface area contributed by atoms with E-state index in [0.717, 1.165) is 16.4 Å². The fourth-order valence-corrected chi connectivity index (χ4v) is 6.30. The molecular weight excluding hydrogens is 644 g/mol. The summed E-state index contributed by atoms with van der Waals surface area (Å²) in [6, 6.07) is 8.48. The number of rotatable bonds is 9. The maximum atomic E-state index is 13.7. The molecule has 0 aliphatic carbocycles. The number of carbonyl (C=O) groups excluding carboxylic acids is 3. The summed E-state index contributed by atoms with van der Waals surface area (Å²) in [6.45, 7) is 4.12. The Labute approximate surface area is 240 Å². The maximum absolute atomic E-state index is 13.7. The summed E-state index contributed by atoms with van der Waals surface area (Å²) < 4.78 is 14.6. The molecule has 3 amide bonds. The topological polar surface area (TPSA) is 163 Å². The van der Waals surface area contributed by atoms with E-state index in [-0.39, 0.29) is 44.1 Å². The van der Waals surface area contributed by atoms with Crippen LogP contribution in [-0.2, 0) is 16.1 Å². The molecule has 2 aromatic rings. The molecule has 0 radical (unpaired) electrons. The van der Waals surface area contributed by atoms with Crippen molar-refractivity contribution >= 4 is 44.7 Å². The van der Waals surface area contributed by atoms with Gasteiger partial charge in [-0.1, -0.05) is 11.6 Å². The molecule has 0 saturated carbocycles. The number of nitroso groups, excluding NO2 is 1. The van der Waals surface area contributed by atoms with Gasteiger partial charge in [-0.05, 0) is 0 Å². The second kappa shape index (κ2) is 13.2. The number of nitrogens with zero attached hydrogens (tertiary/aromatic N) is 3. The zero-order valence-electron chi connectivity index (χ0n) is 21.6. The van der Waals surface area contributed by atoms with Crippen molar-refractivity contribution in [2.24, 2.45) is 16.5 Å². The first-order chi connectivity index (χ1) is 18.4. The normalized spacial score (nSPS) is 16.1. The molecule has 2 aromatic carbocycles. The minimum absolute atomic E-state index is 0.0104. The van der Waals surface area contributed by atoms with Gasteiger partial charge in [-0.2, -0.15) is 0 Å². The number of halogens is 3. The third kappa shape index (κ3) is 7.85. The van der Waals surface area contributed by atoms with Crippen molar-refractivity contribution < 1.29 is 44.7 Å². The number of carbonyl (C=O) groups is 3. The summed E-state index contributed by atoms with van der Waals surface area (Å²) in [6.07, 6.45) is 0. The fraction of sp³-hybridized carbons (Fsp3) is 0.360. The number of hydrogen-bond acceptors (Lipinski definition) is 5. The van der Waals surface area contributed by atoms with Crippen molar-refractivity contribution in [3.8, 4) is 0 Å². The van der Waals surface area contributed by atoms with Crippen LogP contribution in [-0.4, -0.2) is 56.6 Å². The molecule has 0 spiro atoms. The van der Waals surface area contributed by atoms with Gasteiger partial charge in [-0.25, -0.2) is 4.39 Å². The van der Waals surface area contributed by atoms with Crippen LogP contribution in [0.4, 0.5) is 20.6 Å². The Morgan fingerprint density at radius 2 is 1.90 bits per heavy atom. The summed E-state index contributed by atoms with van der Waals surface area (Å²) in [7, 11) is 1.41. The van der Waals surface area contributed by atoms with Gasteiger partial charge in [0, 0.05) is 0 Å². The van der Waals surface area contributed by atoms with Gasteiger partial charge in [-0.15, -0.1) is 0 Å². The third-order valence-electron chi connectivity index (χ3n) is 5.78. The number of nitrogens with two attached hydrogens (primary N) is 2. The first kappa shape index (κ1) is 30.2. The third-order valence-corrected chi connectivity index (χ3v) is 8.39. The van der Waals surface area contributed by atoms with Crippen LogP contribution in [0.3, 0.4) is 0 Å². The number of aliphatic imine (C=N–C) groups is 1. The van der Waals surface area contributed by atoms with Gasteiger partial charge in [0.05, 0.1) is 5.02 Å². The number of hydrogen-bond donors (Lipinski definition) is 4. The van der Waals surface area contributed by atoms with Crippen LogP contribution in [0.25, 0.3) is 0 Å². The molecule has 0 saturated heterocycles. The molecule has 210 valence electrons. The van der Waals surface area contributed by atoms with Crippen molar-refractivity contribution in [1.29, 1.82) is 0 Å². The Balaban J connectivity index is 1.89. The first-order valence-corrected chi connectivity index (χ1v) is 14.6. The van der Waals surface area contributed by atoms with Gasteiger partial charge in [-0.3, -0.25) is 0 Å². The molecule has 1 aliphatic rings. The quantitative estimate of drug-likeness (QED) is 0.0403. The Kier molecular flexibility index (Phi) is 10.2. The Morgan fingerprint density at radius 1 is 1.18 bits per heavy atom. The predicted molar refractivity (Wildman–Crippen MR) is 143 cm³/mol. The summed E-state index contributed by atoms with van der Waals surface area (Å²) >= 11 is 4.77. The van der Waals surface area contributed by atoms with E-state index in [2.05, 4.69) is 15.6 Å². The van der Waals surface area contributed by atoms with E-state index in [0.29, 0.717) is 11.3 Å². The van der Waals surface area contributed by atoms with Crippen molar-refractivity contribution in [3.63, 3.8) is 0 Å². The average Bonchev–Trinajstić information content (AvgIpc) is 3.15. The Hall–Kier alpha value is -3.33. The molecule has 1 heterocycles. The van der Waals surface area contributed by atoms with E-state index in [9.17, 15) is 23.7 Å². The number of amides is 3. The van der Waals surface area contributed by atoms with E-state index in [1.807, 2.05) is 19.9 Å². The van der Waals surface area contributed by atoms with Crippen LogP contribution < -0.4 is 48.2 Å². The standard InChI is InChI=1S/C25H30ClFIN7O4/c1-13(2)28-24(38)35-20-8-14(12-34(3)39)4-6-16(20)17(21(35)11-32-25(29)30)10-31-22(36)23(37)33-15-5-7-18(26)19(27)9-15/h4-9,13,17,21H,10-12H2,1-3H3,(H,31,36)(H,33,37)(H4,29,30,32)/t17?,21-/m1/s1. The second-order valence-corrected chi connectivity index (χ2v) is 13.6. The van der Waals surface area contributed by atoms with Crippen molar-refractivity contribution in [3.05, 3.63) is 63.3 Å². The van der Waals surface area contributed by atoms with Crippen LogP contribution in [0.1, 0.15) is 30.9 Å². The van der Waals surface area contributed by atoms with E-state index in [1.165, 1.54) is 19.2 Å². The van der Waals surface area contributed by atoms with Crippen LogP contribution in [0.5, 0.6) is 0 Å². The molecule has 3 rings (SSSR count). The number of guanidine groups is 1. The van der Waals surface area contributed by atoms with Crippen LogP contribution in [0, 0.1) is 10.7 Å². The molecule has 0 bridgehead atoms. The van der Waals surface area contributed by atoms with Gasteiger partial charge < -0.3 is 0 Å². The molecule has 1 unspecified atom stereocenters. The Bertz CT molecular complexity index is 1320. The van der Waals surface area contributed by atoms with Crippen molar-refractivity contribution in [2.75, 3.05) is 30.4 Å². The number of alkyl halides is 1. The van der Waals surface area contributed by atoms with Crippen molar-refractivity contribution in [2.45, 2.75) is 36.3 Å². The number of anilines is 2. The fourth-order valence-electron chi connectivity index (χ4n) is 4.20. The van der Waals surface area contributed by atoms with Crippen LogP contribution >= 0.6 is 11.6 Å². The van der Waals surface area contributed by atoms with Gasteiger partial charge in [0.15, 0.2) is 0 Å². The van der Waals surface area contributed by atoms with Crippen molar-refractivity contribution in [1.82, 2.24) is 5.32 Å². The Morgan fingerprint density at radius 3 is 2.51 bits per heavy atom. The average molecular weight is 674 g/mol. The van der Waals surface area contributed by atoms with Gasteiger partial charge in [0.1, 0.15) is 0 Å². The summed E-state index contributed by atoms with van der Waals surface area (Å²) in [4.78, 5) is 56.1.